The predicted molar refractivity (Wildman–Crippen MR) is 86.0 cm³/mol. The van der Waals surface area contributed by atoms with Crippen LogP contribution in [0.4, 0.5) is 0 Å². The lowest BCUT2D eigenvalue weighted by atomic mass is 10.1. The van der Waals surface area contributed by atoms with E-state index in [9.17, 15) is 0 Å². The minimum Gasteiger partial charge on any atom is -0.493 e. The second-order valence-electron chi connectivity index (χ2n) is 4.99. The van der Waals surface area contributed by atoms with Crippen molar-refractivity contribution >= 4 is 11.3 Å². The zero-order valence-corrected chi connectivity index (χ0v) is 14.0. The number of aryl methyl sites for hydroxylation is 2. The number of rotatable bonds is 8. The Morgan fingerprint density at radius 3 is 2.81 bits per heavy atom. The standard InChI is InChI=1S/C15H24N4OS/c1-5-7-19-15(14(20-4)9-17-19)13(16-6-2)8-12-10-21-11(3)18-12/h9-10,13,16H,5-8H2,1-4H3. The number of thiazole rings is 1. The molecule has 6 heteroatoms. The van der Waals surface area contributed by atoms with Gasteiger partial charge >= 0.3 is 0 Å². The van der Waals surface area contributed by atoms with Crippen LogP contribution in [0.15, 0.2) is 11.6 Å². The Morgan fingerprint density at radius 1 is 1.43 bits per heavy atom. The molecule has 1 N–H and O–H groups in total. The third kappa shape index (κ3) is 3.83. The third-order valence-electron chi connectivity index (χ3n) is 3.36. The van der Waals surface area contributed by atoms with Gasteiger partial charge in [-0.25, -0.2) is 4.98 Å². The summed E-state index contributed by atoms with van der Waals surface area (Å²) in [5, 5.41) is 11.2. The van der Waals surface area contributed by atoms with Crippen molar-refractivity contribution in [1.82, 2.24) is 20.1 Å². The minimum atomic E-state index is 0.167. The number of aromatic nitrogens is 3. The normalized spacial score (nSPS) is 12.6. The quantitative estimate of drug-likeness (QED) is 0.814. The summed E-state index contributed by atoms with van der Waals surface area (Å²) in [5.41, 5.74) is 2.24. The fourth-order valence-electron chi connectivity index (χ4n) is 2.50. The SMILES string of the molecule is CCCn1ncc(OC)c1C(Cc1csc(C)n1)NCC. The molecule has 0 aromatic carbocycles. The molecule has 116 valence electrons. The molecule has 0 aliphatic rings. The van der Waals surface area contributed by atoms with Gasteiger partial charge in [0.05, 0.1) is 35.7 Å². The van der Waals surface area contributed by atoms with Crippen molar-refractivity contribution in [3.63, 3.8) is 0 Å². The smallest absolute Gasteiger partial charge is 0.161 e. The van der Waals surface area contributed by atoms with Gasteiger partial charge in [-0.1, -0.05) is 13.8 Å². The molecule has 0 aliphatic heterocycles. The van der Waals surface area contributed by atoms with E-state index in [4.69, 9.17) is 4.74 Å². The summed E-state index contributed by atoms with van der Waals surface area (Å²) in [4.78, 5) is 4.58. The first-order valence-corrected chi connectivity index (χ1v) is 8.31. The van der Waals surface area contributed by atoms with Gasteiger partial charge in [-0.05, 0) is 19.9 Å². The molecule has 0 amide bonds. The number of hydrogen-bond donors (Lipinski definition) is 1. The van der Waals surface area contributed by atoms with Crippen LogP contribution in [0.2, 0.25) is 0 Å². The molecular weight excluding hydrogens is 284 g/mol. The molecule has 2 aromatic rings. The van der Waals surface area contributed by atoms with Crippen LogP contribution in [0.5, 0.6) is 5.75 Å². The molecular formula is C15H24N4OS. The van der Waals surface area contributed by atoms with E-state index in [1.165, 1.54) is 0 Å². The van der Waals surface area contributed by atoms with E-state index in [-0.39, 0.29) is 6.04 Å². The molecule has 1 unspecified atom stereocenters. The van der Waals surface area contributed by atoms with Crippen molar-refractivity contribution in [3.05, 3.63) is 28.0 Å². The number of hydrogen-bond acceptors (Lipinski definition) is 5. The van der Waals surface area contributed by atoms with Gasteiger partial charge in [0, 0.05) is 18.3 Å². The first-order valence-electron chi connectivity index (χ1n) is 7.43. The van der Waals surface area contributed by atoms with Crippen LogP contribution in [0.1, 0.15) is 42.7 Å². The largest absolute Gasteiger partial charge is 0.493 e. The van der Waals surface area contributed by atoms with Gasteiger partial charge in [0.2, 0.25) is 0 Å². The second-order valence-corrected chi connectivity index (χ2v) is 6.06. The Kier molecular flexibility index (Phi) is 5.76. The Labute approximate surface area is 130 Å². The lowest BCUT2D eigenvalue weighted by Gasteiger charge is -2.20. The summed E-state index contributed by atoms with van der Waals surface area (Å²) in [5.74, 6) is 0.848. The maximum absolute atomic E-state index is 5.50. The Hall–Kier alpha value is -1.40. The summed E-state index contributed by atoms with van der Waals surface area (Å²) in [7, 11) is 1.70. The molecule has 0 fully saturated rings. The molecule has 0 spiro atoms. The maximum atomic E-state index is 5.50. The number of likely N-dealkylation sites (N-methyl/N-ethyl adjacent to an activating group) is 1. The number of nitrogens with zero attached hydrogens (tertiary/aromatic N) is 3. The van der Waals surface area contributed by atoms with Gasteiger partial charge in [-0.3, -0.25) is 4.68 Å². The molecule has 1 atom stereocenters. The Balaban J connectivity index is 2.29. The molecule has 0 saturated carbocycles. The lowest BCUT2D eigenvalue weighted by Crippen LogP contribution is -2.26. The van der Waals surface area contributed by atoms with Crippen molar-refractivity contribution < 1.29 is 4.74 Å². The molecule has 0 radical (unpaired) electrons. The summed E-state index contributed by atoms with van der Waals surface area (Å²) in [6, 6.07) is 0.167. The highest BCUT2D eigenvalue weighted by atomic mass is 32.1. The number of ether oxygens (including phenoxy) is 1. The zero-order chi connectivity index (χ0) is 15.2. The van der Waals surface area contributed by atoms with E-state index < -0.39 is 0 Å². The molecule has 2 rings (SSSR count). The van der Waals surface area contributed by atoms with Gasteiger partial charge in [0.25, 0.3) is 0 Å². The molecule has 2 aromatic heterocycles. The molecule has 0 aliphatic carbocycles. The van der Waals surface area contributed by atoms with Crippen LogP contribution in [0.3, 0.4) is 0 Å². The van der Waals surface area contributed by atoms with E-state index in [2.05, 4.69) is 34.6 Å². The van der Waals surface area contributed by atoms with Gasteiger partial charge < -0.3 is 10.1 Å². The van der Waals surface area contributed by atoms with Crippen LogP contribution >= 0.6 is 11.3 Å². The zero-order valence-electron chi connectivity index (χ0n) is 13.2. The van der Waals surface area contributed by atoms with E-state index in [1.807, 2.05) is 17.8 Å². The van der Waals surface area contributed by atoms with Crippen LogP contribution < -0.4 is 10.1 Å². The highest BCUT2D eigenvalue weighted by Crippen LogP contribution is 2.28. The summed E-state index contributed by atoms with van der Waals surface area (Å²) in [6.45, 7) is 8.11. The second kappa shape index (κ2) is 7.56. The number of nitrogens with one attached hydrogen (secondary N) is 1. The van der Waals surface area contributed by atoms with Crippen LogP contribution in [-0.4, -0.2) is 28.4 Å². The van der Waals surface area contributed by atoms with Crippen molar-refractivity contribution in [1.29, 1.82) is 0 Å². The third-order valence-corrected chi connectivity index (χ3v) is 4.18. The molecule has 0 saturated heterocycles. The fourth-order valence-corrected chi connectivity index (χ4v) is 3.13. The lowest BCUT2D eigenvalue weighted by molar-refractivity contribution is 0.389. The van der Waals surface area contributed by atoms with Gasteiger partial charge in [0.1, 0.15) is 0 Å². The van der Waals surface area contributed by atoms with Gasteiger partial charge in [-0.15, -0.1) is 11.3 Å². The summed E-state index contributed by atoms with van der Waals surface area (Å²) < 4.78 is 7.55. The van der Waals surface area contributed by atoms with E-state index >= 15 is 0 Å². The van der Waals surface area contributed by atoms with E-state index in [1.54, 1.807) is 18.4 Å². The topological polar surface area (TPSA) is 52.0 Å². The highest BCUT2D eigenvalue weighted by molar-refractivity contribution is 7.09. The van der Waals surface area contributed by atoms with E-state index in [0.717, 1.165) is 48.1 Å². The van der Waals surface area contributed by atoms with Crippen LogP contribution in [0, 0.1) is 6.92 Å². The first kappa shape index (κ1) is 16.0. The van der Waals surface area contributed by atoms with Crippen LogP contribution in [-0.2, 0) is 13.0 Å². The average Bonchev–Trinajstić information content (AvgIpc) is 3.05. The van der Waals surface area contributed by atoms with Gasteiger partial charge in [0.15, 0.2) is 5.75 Å². The monoisotopic (exact) mass is 308 g/mol. The maximum Gasteiger partial charge on any atom is 0.161 e. The van der Waals surface area contributed by atoms with Crippen molar-refractivity contribution in [2.24, 2.45) is 0 Å². The minimum absolute atomic E-state index is 0.167. The molecule has 21 heavy (non-hydrogen) atoms. The average molecular weight is 308 g/mol. The Bertz CT molecular complexity index is 564. The van der Waals surface area contributed by atoms with Crippen LogP contribution in [0.25, 0.3) is 0 Å². The molecule has 5 nitrogen and oxygen atoms in total. The van der Waals surface area contributed by atoms with Crippen molar-refractivity contribution in [2.45, 2.75) is 46.2 Å². The highest BCUT2D eigenvalue weighted by Gasteiger charge is 2.22. The molecule has 2 heterocycles. The molecule has 0 bridgehead atoms. The predicted octanol–water partition coefficient (Wildman–Crippen LogP) is 2.96. The Morgan fingerprint density at radius 2 is 2.24 bits per heavy atom. The fraction of sp³-hybridized carbons (Fsp3) is 0.600. The number of methoxy groups -OCH3 is 1. The van der Waals surface area contributed by atoms with Crippen molar-refractivity contribution in [2.75, 3.05) is 13.7 Å². The van der Waals surface area contributed by atoms with Gasteiger partial charge in [-0.2, -0.15) is 5.10 Å². The van der Waals surface area contributed by atoms with Crippen molar-refractivity contribution in [3.8, 4) is 5.75 Å². The summed E-state index contributed by atoms with van der Waals surface area (Å²) >= 11 is 1.69. The van der Waals surface area contributed by atoms with E-state index in [0.29, 0.717) is 0 Å². The first-order chi connectivity index (χ1) is 10.2. The summed E-state index contributed by atoms with van der Waals surface area (Å²) in [6.07, 6.45) is 3.71.